The van der Waals surface area contributed by atoms with Crippen molar-refractivity contribution in [3.05, 3.63) is 51.2 Å². The van der Waals surface area contributed by atoms with E-state index < -0.39 is 0 Å². The van der Waals surface area contributed by atoms with Crippen LogP contribution in [0.1, 0.15) is 28.5 Å². The van der Waals surface area contributed by atoms with Crippen molar-refractivity contribution in [1.82, 2.24) is 5.32 Å². The molecule has 5 nitrogen and oxygen atoms in total. The van der Waals surface area contributed by atoms with Gasteiger partial charge in [-0.1, -0.05) is 18.2 Å². The average Bonchev–Trinajstić information content (AvgIpc) is 3.00. The van der Waals surface area contributed by atoms with Crippen LogP contribution in [0.2, 0.25) is 0 Å². The summed E-state index contributed by atoms with van der Waals surface area (Å²) in [7, 11) is 2.00. The molecule has 3 N–H and O–H groups in total. The molecule has 0 aliphatic heterocycles. The highest BCUT2D eigenvalue weighted by Gasteiger charge is 2.23. The van der Waals surface area contributed by atoms with Gasteiger partial charge >= 0.3 is 0 Å². The summed E-state index contributed by atoms with van der Waals surface area (Å²) in [6.07, 6.45) is 0. The Morgan fingerprint density at radius 3 is 2.35 bits per heavy atom. The first-order valence-corrected chi connectivity index (χ1v) is 9.66. The lowest BCUT2D eigenvalue weighted by molar-refractivity contribution is -0.907. The molecule has 26 heavy (non-hydrogen) atoms. The van der Waals surface area contributed by atoms with Gasteiger partial charge in [0.2, 0.25) is 5.91 Å². The summed E-state index contributed by atoms with van der Waals surface area (Å²) in [5.41, 5.74) is 4.09. The lowest BCUT2D eigenvalue weighted by atomic mass is 10.1. The van der Waals surface area contributed by atoms with Crippen LogP contribution in [0.15, 0.2) is 29.6 Å². The Morgan fingerprint density at radius 1 is 1.12 bits per heavy atom. The van der Waals surface area contributed by atoms with E-state index in [9.17, 15) is 9.59 Å². The molecule has 1 unspecified atom stereocenters. The minimum Gasteiger partial charge on any atom is -0.342 e. The summed E-state index contributed by atoms with van der Waals surface area (Å²) in [6, 6.07) is 7.72. The summed E-state index contributed by atoms with van der Waals surface area (Å²) in [5, 5.41) is 7.71. The quantitative estimate of drug-likeness (QED) is 0.692. The molecule has 0 fully saturated rings. The summed E-state index contributed by atoms with van der Waals surface area (Å²) >= 11 is 1.71. The van der Waals surface area contributed by atoms with Crippen molar-refractivity contribution in [1.29, 1.82) is 0 Å². The van der Waals surface area contributed by atoms with Gasteiger partial charge in [-0.25, -0.2) is 0 Å². The highest BCUT2D eigenvalue weighted by molar-refractivity contribution is 7.10. The largest absolute Gasteiger partial charge is 0.342 e. The SMILES string of the molecule is Cc1ccsc1C[NH+](C)[C@H](C)C(=O)NCC(=O)Nc1c(C)cccc1C. The van der Waals surface area contributed by atoms with E-state index >= 15 is 0 Å². The van der Waals surface area contributed by atoms with Crippen LogP contribution >= 0.6 is 11.3 Å². The molecule has 0 aliphatic rings. The predicted octanol–water partition coefficient (Wildman–Crippen LogP) is 1.83. The van der Waals surface area contributed by atoms with E-state index in [0.717, 1.165) is 28.3 Å². The van der Waals surface area contributed by atoms with Crippen LogP contribution in [0.3, 0.4) is 0 Å². The molecule has 0 aliphatic carbocycles. The van der Waals surface area contributed by atoms with Gasteiger partial charge in [0.05, 0.1) is 18.5 Å². The van der Waals surface area contributed by atoms with Crippen molar-refractivity contribution in [2.24, 2.45) is 0 Å². The van der Waals surface area contributed by atoms with Gasteiger partial charge in [0, 0.05) is 5.69 Å². The van der Waals surface area contributed by atoms with Gasteiger partial charge in [-0.2, -0.15) is 0 Å². The second-order valence-electron chi connectivity index (χ2n) is 6.80. The van der Waals surface area contributed by atoms with Crippen LogP contribution in [0, 0.1) is 20.8 Å². The smallest absolute Gasteiger partial charge is 0.278 e. The van der Waals surface area contributed by atoms with Crippen LogP contribution in [0.25, 0.3) is 0 Å². The fourth-order valence-corrected chi connectivity index (χ4v) is 3.73. The van der Waals surface area contributed by atoms with Crippen molar-refractivity contribution in [3.63, 3.8) is 0 Å². The highest BCUT2D eigenvalue weighted by Crippen LogP contribution is 2.19. The van der Waals surface area contributed by atoms with Crippen molar-refractivity contribution in [2.45, 2.75) is 40.3 Å². The molecule has 2 amide bonds. The van der Waals surface area contributed by atoms with Gasteiger partial charge in [0.1, 0.15) is 6.54 Å². The third-order valence-corrected chi connectivity index (χ3v) is 5.73. The highest BCUT2D eigenvalue weighted by atomic mass is 32.1. The Hall–Kier alpha value is -2.18. The molecule has 2 aromatic rings. The number of anilines is 1. The summed E-state index contributed by atoms with van der Waals surface area (Å²) in [4.78, 5) is 27.0. The molecule has 1 heterocycles. The van der Waals surface area contributed by atoms with E-state index in [4.69, 9.17) is 0 Å². The number of aryl methyl sites for hydroxylation is 3. The first-order chi connectivity index (χ1) is 12.3. The number of thiophene rings is 1. The van der Waals surface area contributed by atoms with E-state index in [1.54, 1.807) is 11.3 Å². The molecule has 2 atom stereocenters. The first-order valence-electron chi connectivity index (χ1n) is 8.78. The Bertz CT molecular complexity index is 765. The Kier molecular flexibility index (Phi) is 6.94. The number of rotatable bonds is 7. The van der Waals surface area contributed by atoms with Crippen LogP contribution in [0.4, 0.5) is 5.69 Å². The Labute approximate surface area is 159 Å². The van der Waals surface area contributed by atoms with E-state index in [-0.39, 0.29) is 24.4 Å². The molecule has 0 radical (unpaired) electrons. The molecule has 2 rings (SSSR count). The molecule has 1 aromatic heterocycles. The maximum absolute atomic E-state index is 12.4. The molecule has 6 heteroatoms. The van der Waals surface area contributed by atoms with E-state index in [0.29, 0.717) is 0 Å². The number of likely N-dealkylation sites (N-methyl/N-ethyl adjacent to an activating group) is 1. The first kappa shape index (κ1) is 20.1. The minimum absolute atomic E-state index is 0.0255. The Morgan fingerprint density at radius 2 is 1.77 bits per heavy atom. The number of para-hydroxylation sites is 1. The van der Waals surface area contributed by atoms with Gasteiger partial charge in [0.15, 0.2) is 6.04 Å². The zero-order chi connectivity index (χ0) is 19.3. The number of nitrogens with one attached hydrogen (secondary N) is 3. The third kappa shape index (κ3) is 5.16. The lowest BCUT2D eigenvalue weighted by Gasteiger charge is -2.21. The number of hydrogen-bond donors (Lipinski definition) is 3. The lowest BCUT2D eigenvalue weighted by Crippen LogP contribution is -3.12. The molecule has 0 saturated carbocycles. The summed E-state index contributed by atoms with van der Waals surface area (Å²) in [6.45, 7) is 8.65. The number of benzene rings is 1. The van der Waals surface area contributed by atoms with Gasteiger partial charge in [0.25, 0.3) is 5.91 Å². The summed E-state index contributed by atoms with van der Waals surface area (Å²) in [5.74, 6) is -0.330. The summed E-state index contributed by atoms with van der Waals surface area (Å²) < 4.78 is 0. The van der Waals surface area contributed by atoms with Crippen LogP contribution in [-0.2, 0) is 16.1 Å². The average molecular weight is 375 g/mol. The van der Waals surface area contributed by atoms with Crippen molar-refractivity contribution in [3.8, 4) is 0 Å². The van der Waals surface area contributed by atoms with Gasteiger partial charge in [-0.15, -0.1) is 11.3 Å². The fourth-order valence-electron chi connectivity index (χ4n) is 2.73. The van der Waals surface area contributed by atoms with Gasteiger partial charge in [-0.05, 0) is 55.8 Å². The second-order valence-corrected chi connectivity index (χ2v) is 7.81. The zero-order valence-corrected chi connectivity index (χ0v) is 16.9. The predicted molar refractivity (Wildman–Crippen MR) is 107 cm³/mol. The molecule has 0 bridgehead atoms. The monoisotopic (exact) mass is 374 g/mol. The van der Waals surface area contributed by atoms with E-state index in [1.165, 1.54) is 10.4 Å². The van der Waals surface area contributed by atoms with Crippen molar-refractivity contribution >= 4 is 28.8 Å². The fraction of sp³-hybridized carbons (Fsp3) is 0.400. The third-order valence-electron chi connectivity index (χ3n) is 4.71. The maximum atomic E-state index is 12.4. The number of carbonyl (C=O) groups is 2. The van der Waals surface area contributed by atoms with E-state index in [1.807, 2.05) is 46.0 Å². The second kappa shape index (κ2) is 8.96. The molecule has 1 aromatic carbocycles. The van der Waals surface area contributed by atoms with E-state index in [2.05, 4.69) is 29.0 Å². The standard InChI is InChI=1S/C20H27N3O2S/c1-13-9-10-26-17(13)12-23(5)16(4)20(25)21-11-18(24)22-19-14(2)7-6-8-15(19)3/h6-10,16H,11-12H2,1-5H3,(H,21,25)(H,22,24)/p+1/t16-/m1/s1. The molecular weight excluding hydrogens is 346 g/mol. The molecule has 0 spiro atoms. The van der Waals surface area contributed by atoms with Crippen molar-refractivity contribution in [2.75, 3.05) is 18.9 Å². The normalized spacial score (nSPS) is 13.1. The van der Waals surface area contributed by atoms with Gasteiger partial charge < -0.3 is 15.5 Å². The zero-order valence-electron chi connectivity index (χ0n) is 16.1. The van der Waals surface area contributed by atoms with Crippen LogP contribution in [-0.4, -0.2) is 31.4 Å². The van der Waals surface area contributed by atoms with Crippen LogP contribution < -0.4 is 15.5 Å². The molecular formula is C20H28N3O2S+. The molecule has 0 saturated heterocycles. The number of amides is 2. The van der Waals surface area contributed by atoms with Crippen LogP contribution in [0.5, 0.6) is 0 Å². The number of quaternary nitrogens is 1. The topological polar surface area (TPSA) is 62.6 Å². The number of hydrogen-bond acceptors (Lipinski definition) is 3. The van der Waals surface area contributed by atoms with Gasteiger partial charge in [-0.3, -0.25) is 9.59 Å². The Balaban J connectivity index is 1.85. The molecule has 140 valence electrons. The maximum Gasteiger partial charge on any atom is 0.278 e. The number of carbonyl (C=O) groups excluding carboxylic acids is 2. The minimum atomic E-state index is -0.232. The van der Waals surface area contributed by atoms with Crippen molar-refractivity contribution < 1.29 is 14.5 Å².